The molecule has 0 aliphatic carbocycles. The van der Waals surface area contributed by atoms with E-state index in [9.17, 15) is 4.79 Å². The Morgan fingerprint density at radius 1 is 1.00 bits per heavy atom. The minimum atomic E-state index is -0.127. The van der Waals surface area contributed by atoms with Gasteiger partial charge in [-0.1, -0.05) is 65.8 Å². The van der Waals surface area contributed by atoms with Crippen LogP contribution in [0.25, 0.3) is 11.3 Å². The second-order valence-corrected chi connectivity index (χ2v) is 6.03. The Morgan fingerprint density at radius 3 is 2.40 bits per heavy atom. The Morgan fingerprint density at radius 2 is 1.68 bits per heavy atom. The van der Waals surface area contributed by atoms with E-state index in [1.165, 1.54) is 5.56 Å². The molecule has 0 spiro atoms. The summed E-state index contributed by atoms with van der Waals surface area (Å²) in [6, 6.07) is 20.0. The Balaban J connectivity index is 1.54. The molecule has 4 nitrogen and oxygen atoms in total. The first kappa shape index (κ1) is 17.0. The number of aromatic nitrogens is 1. The van der Waals surface area contributed by atoms with Gasteiger partial charge in [-0.15, -0.1) is 0 Å². The van der Waals surface area contributed by atoms with Crippen LogP contribution < -0.4 is 5.32 Å². The minimum Gasteiger partial charge on any atom is -0.360 e. The SMILES string of the molecule is Cc1onc(-c2ccccc2)c1C(=O)NCCCCc1ccccc1. The molecule has 3 aromatic rings. The van der Waals surface area contributed by atoms with Crippen LogP contribution in [0.4, 0.5) is 0 Å². The van der Waals surface area contributed by atoms with Gasteiger partial charge in [-0.25, -0.2) is 0 Å². The van der Waals surface area contributed by atoms with Gasteiger partial charge in [0, 0.05) is 12.1 Å². The fraction of sp³-hybridized carbons (Fsp3) is 0.238. The zero-order chi connectivity index (χ0) is 17.5. The Hall–Kier alpha value is -2.88. The van der Waals surface area contributed by atoms with E-state index < -0.39 is 0 Å². The molecule has 0 saturated carbocycles. The van der Waals surface area contributed by atoms with Gasteiger partial charge in [0.05, 0.1) is 0 Å². The molecule has 0 radical (unpaired) electrons. The molecule has 1 N–H and O–H groups in total. The van der Waals surface area contributed by atoms with Crippen molar-refractivity contribution in [1.82, 2.24) is 10.5 Å². The van der Waals surface area contributed by atoms with Crippen molar-refractivity contribution in [3.8, 4) is 11.3 Å². The molecule has 0 atom stereocenters. The maximum Gasteiger partial charge on any atom is 0.257 e. The number of carbonyl (C=O) groups is 1. The van der Waals surface area contributed by atoms with Crippen molar-refractivity contribution in [1.29, 1.82) is 0 Å². The summed E-state index contributed by atoms with van der Waals surface area (Å²) in [6.45, 7) is 2.41. The molecule has 0 bridgehead atoms. The van der Waals surface area contributed by atoms with Gasteiger partial charge in [-0.05, 0) is 31.7 Å². The summed E-state index contributed by atoms with van der Waals surface area (Å²) in [5.74, 6) is 0.415. The summed E-state index contributed by atoms with van der Waals surface area (Å²) in [7, 11) is 0. The maximum absolute atomic E-state index is 12.5. The van der Waals surface area contributed by atoms with Gasteiger partial charge in [-0.2, -0.15) is 0 Å². The van der Waals surface area contributed by atoms with Gasteiger partial charge in [0.25, 0.3) is 5.91 Å². The number of aryl methyl sites for hydroxylation is 2. The van der Waals surface area contributed by atoms with Gasteiger partial charge in [0.15, 0.2) is 0 Å². The van der Waals surface area contributed by atoms with E-state index >= 15 is 0 Å². The molecule has 0 fully saturated rings. The highest BCUT2D eigenvalue weighted by Gasteiger charge is 2.20. The van der Waals surface area contributed by atoms with Gasteiger partial charge in [0.1, 0.15) is 17.0 Å². The standard InChI is InChI=1S/C21H22N2O2/c1-16-19(20(23-25-16)18-13-6-3-7-14-18)21(24)22-15-9-8-12-17-10-4-2-5-11-17/h2-7,10-11,13-14H,8-9,12,15H2,1H3,(H,22,24). The highest BCUT2D eigenvalue weighted by atomic mass is 16.5. The lowest BCUT2D eigenvalue weighted by Gasteiger charge is -2.06. The van der Waals surface area contributed by atoms with Crippen molar-refractivity contribution in [2.24, 2.45) is 0 Å². The Bertz CT molecular complexity index is 810. The average Bonchev–Trinajstić information content (AvgIpc) is 3.04. The third-order valence-corrected chi connectivity index (χ3v) is 4.16. The molecule has 2 aromatic carbocycles. The summed E-state index contributed by atoms with van der Waals surface area (Å²) >= 11 is 0. The summed E-state index contributed by atoms with van der Waals surface area (Å²) < 4.78 is 5.25. The normalized spacial score (nSPS) is 10.6. The topological polar surface area (TPSA) is 55.1 Å². The van der Waals surface area contributed by atoms with Crippen molar-refractivity contribution in [3.63, 3.8) is 0 Å². The highest BCUT2D eigenvalue weighted by Crippen LogP contribution is 2.24. The third-order valence-electron chi connectivity index (χ3n) is 4.16. The van der Waals surface area contributed by atoms with Crippen LogP contribution in [0.1, 0.15) is 34.5 Å². The van der Waals surface area contributed by atoms with Crippen LogP contribution in [0.15, 0.2) is 65.2 Å². The summed E-state index contributed by atoms with van der Waals surface area (Å²) in [4.78, 5) is 12.5. The van der Waals surface area contributed by atoms with Gasteiger partial charge < -0.3 is 9.84 Å². The number of hydrogen-bond acceptors (Lipinski definition) is 3. The fourth-order valence-corrected chi connectivity index (χ4v) is 2.82. The van der Waals surface area contributed by atoms with Gasteiger partial charge in [0.2, 0.25) is 0 Å². The molecular formula is C21H22N2O2. The molecule has 0 unspecified atom stereocenters. The van der Waals surface area contributed by atoms with Crippen LogP contribution in [0.2, 0.25) is 0 Å². The number of amides is 1. The fourth-order valence-electron chi connectivity index (χ4n) is 2.82. The van der Waals surface area contributed by atoms with Gasteiger partial charge in [-0.3, -0.25) is 4.79 Å². The number of benzene rings is 2. The van der Waals surface area contributed by atoms with Crippen LogP contribution in [0.5, 0.6) is 0 Å². The molecular weight excluding hydrogens is 312 g/mol. The predicted octanol–water partition coefficient (Wildman–Crippen LogP) is 4.40. The maximum atomic E-state index is 12.5. The lowest BCUT2D eigenvalue weighted by molar-refractivity contribution is 0.0952. The van der Waals surface area contributed by atoms with E-state index in [-0.39, 0.29) is 5.91 Å². The Labute approximate surface area is 147 Å². The Kier molecular flexibility index (Phi) is 5.62. The number of nitrogens with one attached hydrogen (secondary N) is 1. The van der Waals surface area contributed by atoms with E-state index in [4.69, 9.17) is 4.52 Å². The van der Waals surface area contributed by atoms with Crippen LogP contribution in [-0.2, 0) is 6.42 Å². The molecule has 1 heterocycles. The quantitative estimate of drug-likeness (QED) is 0.651. The lowest BCUT2D eigenvalue weighted by Crippen LogP contribution is -2.25. The largest absolute Gasteiger partial charge is 0.360 e. The van der Waals surface area contributed by atoms with E-state index in [1.807, 2.05) is 36.4 Å². The number of rotatable bonds is 7. The van der Waals surface area contributed by atoms with Crippen LogP contribution in [0.3, 0.4) is 0 Å². The zero-order valence-corrected chi connectivity index (χ0v) is 14.4. The zero-order valence-electron chi connectivity index (χ0n) is 14.4. The number of carbonyl (C=O) groups excluding carboxylic acids is 1. The van der Waals surface area contributed by atoms with E-state index in [0.717, 1.165) is 24.8 Å². The highest BCUT2D eigenvalue weighted by molar-refractivity contribution is 6.00. The van der Waals surface area contributed by atoms with Crippen molar-refractivity contribution in [2.75, 3.05) is 6.54 Å². The van der Waals surface area contributed by atoms with Crippen molar-refractivity contribution in [2.45, 2.75) is 26.2 Å². The number of nitrogens with zero attached hydrogens (tertiary/aromatic N) is 1. The monoisotopic (exact) mass is 334 g/mol. The summed E-state index contributed by atoms with van der Waals surface area (Å²) in [5, 5.41) is 7.04. The molecule has 1 amide bonds. The van der Waals surface area contributed by atoms with Crippen molar-refractivity contribution >= 4 is 5.91 Å². The third kappa shape index (κ3) is 4.35. The van der Waals surface area contributed by atoms with E-state index in [2.05, 4.69) is 34.7 Å². The second-order valence-electron chi connectivity index (χ2n) is 6.03. The van der Waals surface area contributed by atoms with E-state index in [1.54, 1.807) is 6.92 Å². The smallest absolute Gasteiger partial charge is 0.257 e. The van der Waals surface area contributed by atoms with Crippen molar-refractivity contribution in [3.05, 3.63) is 77.6 Å². The predicted molar refractivity (Wildman–Crippen MR) is 98.4 cm³/mol. The molecule has 0 aliphatic heterocycles. The summed E-state index contributed by atoms with van der Waals surface area (Å²) in [6.07, 6.45) is 3.00. The van der Waals surface area contributed by atoms with E-state index in [0.29, 0.717) is 23.6 Å². The van der Waals surface area contributed by atoms with Crippen LogP contribution in [-0.4, -0.2) is 17.6 Å². The molecule has 128 valence electrons. The van der Waals surface area contributed by atoms with Crippen LogP contribution >= 0.6 is 0 Å². The van der Waals surface area contributed by atoms with Crippen LogP contribution in [0, 0.1) is 6.92 Å². The first-order valence-corrected chi connectivity index (χ1v) is 8.59. The number of unbranched alkanes of at least 4 members (excludes halogenated alkanes) is 1. The molecule has 25 heavy (non-hydrogen) atoms. The second kappa shape index (κ2) is 8.29. The first-order chi connectivity index (χ1) is 12.3. The molecule has 1 aromatic heterocycles. The average molecular weight is 334 g/mol. The van der Waals surface area contributed by atoms with Crippen molar-refractivity contribution < 1.29 is 9.32 Å². The lowest BCUT2D eigenvalue weighted by atomic mass is 10.1. The molecule has 4 heteroatoms. The summed E-state index contributed by atoms with van der Waals surface area (Å²) in [5.41, 5.74) is 3.33. The molecule has 0 saturated heterocycles. The first-order valence-electron chi connectivity index (χ1n) is 8.59. The minimum absolute atomic E-state index is 0.127. The molecule has 3 rings (SSSR count). The number of hydrogen-bond donors (Lipinski definition) is 1. The molecule has 0 aliphatic rings. The van der Waals surface area contributed by atoms with Gasteiger partial charge >= 0.3 is 0 Å².